The second-order valence-corrected chi connectivity index (χ2v) is 5.46. The largest absolute Gasteiger partial charge is 0.488 e. The Balaban J connectivity index is 0.00000117. The first kappa shape index (κ1) is 19.6. The Labute approximate surface area is 151 Å². The fourth-order valence-electron chi connectivity index (χ4n) is 2.34. The quantitative estimate of drug-likeness (QED) is 0.621. The van der Waals surface area contributed by atoms with E-state index in [0.29, 0.717) is 0 Å². The number of aromatic nitrogens is 2. The highest BCUT2D eigenvalue weighted by molar-refractivity contribution is 6.58. The fourth-order valence-corrected chi connectivity index (χ4v) is 2.34. The molecule has 0 amide bonds. The Kier molecular flexibility index (Phi) is 6.49. The number of halogens is 1. The normalized spacial score (nSPS) is 10.2. The van der Waals surface area contributed by atoms with Gasteiger partial charge in [-0.3, -0.25) is 0 Å². The predicted molar refractivity (Wildman–Crippen MR) is 97.2 cm³/mol. The van der Waals surface area contributed by atoms with Gasteiger partial charge in [-0.2, -0.15) is 0 Å². The van der Waals surface area contributed by atoms with Crippen molar-refractivity contribution in [3.63, 3.8) is 0 Å². The molecule has 3 aromatic rings. The lowest BCUT2D eigenvalue weighted by Crippen LogP contribution is -2.30. The van der Waals surface area contributed by atoms with Gasteiger partial charge in [-0.1, -0.05) is 43.7 Å². The van der Waals surface area contributed by atoms with E-state index in [1.807, 2.05) is 45.0 Å². The molecule has 0 aliphatic heterocycles. The summed E-state index contributed by atoms with van der Waals surface area (Å²) in [5.74, 6) is -0.320. The number of nitrogens with one attached hydrogen (secondary N) is 1. The zero-order valence-electron chi connectivity index (χ0n) is 14.9. The van der Waals surface area contributed by atoms with E-state index < -0.39 is 12.9 Å². The molecule has 0 bridgehead atoms. The topological polar surface area (TPSA) is 95.3 Å². The molecule has 0 saturated heterocycles. The minimum atomic E-state index is -1.73. The van der Waals surface area contributed by atoms with Crippen LogP contribution in [0, 0.1) is 18.2 Å². The summed E-state index contributed by atoms with van der Waals surface area (Å²) in [5.41, 5.74) is 1.90. The molecule has 136 valence electrons. The van der Waals surface area contributed by atoms with Gasteiger partial charge in [0, 0.05) is 11.1 Å². The molecule has 6 nitrogen and oxygen atoms in total. The van der Waals surface area contributed by atoms with E-state index in [9.17, 15) is 4.39 Å². The minimum absolute atomic E-state index is 0.00177. The Hall–Kier alpha value is -2.71. The molecule has 0 aliphatic rings. The minimum Gasteiger partial charge on any atom is -0.423 e. The van der Waals surface area contributed by atoms with Gasteiger partial charge in [0.25, 0.3) is 0 Å². The van der Waals surface area contributed by atoms with Crippen LogP contribution >= 0.6 is 0 Å². The van der Waals surface area contributed by atoms with Crippen LogP contribution in [-0.4, -0.2) is 26.9 Å². The van der Waals surface area contributed by atoms with Gasteiger partial charge >= 0.3 is 12.8 Å². The van der Waals surface area contributed by atoms with Crippen molar-refractivity contribution < 1.29 is 18.9 Å². The maximum Gasteiger partial charge on any atom is 0.488 e. The van der Waals surface area contributed by atoms with Crippen LogP contribution in [0.15, 0.2) is 46.9 Å². The Morgan fingerprint density at radius 3 is 2.54 bits per heavy atom. The van der Waals surface area contributed by atoms with Gasteiger partial charge < -0.3 is 14.5 Å². The van der Waals surface area contributed by atoms with E-state index in [1.165, 1.54) is 16.8 Å². The highest BCUT2D eigenvalue weighted by Crippen LogP contribution is 2.17. The van der Waals surface area contributed by atoms with Gasteiger partial charge in [0.1, 0.15) is 5.82 Å². The first-order chi connectivity index (χ1) is 12.4. The number of hydrogen-bond acceptors (Lipinski definition) is 5. The maximum absolute atomic E-state index is 14.1. The van der Waals surface area contributed by atoms with Crippen LogP contribution in [0.4, 0.5) is 4.39 Å². The van der Waals surface area contributed by atoms with Gasteiger partial charge in [0.2, 0.25) is 5.89 Å². The smallest absolute Gasteiger partial charge is 0.423 e. The van der Waals surface area contributed by atoms with Crippen LogP contribution in [0.5, 0.6) is 0 Å². The van der Waals surface area contributed by atoms with Crippen molar-refractivity contribution in [1.82, 2.24) is 9.78 Å². The van der Waals surface area contributed by atoms with Crippen molar-refractivity contribution >= 4 is 12.6 Å². The molecule has 3 rings (SSSR count). The zero-order chi connectivity index (χ0) is 19.3. The molecule has 2 aromatic carbocycles. The third-order valence-corrected chi connectivity index (χ3v) is 3.60. The summed E-state index contributed by atoms with van der Waals surface area (Å²) in [4.78, 5) is 0. The average molecular weight is 357 g/mol. The van der Waals surface area contributed by atoms with E-state index in [4.69, 9.17) is 19.9 Å². The maximum atomic E-state index is 14.1. The van der Waals surface area contributed by atoms with E-state index in [-0.39, 0.29) is 29.1 Å². The Morgan fingerprint density at radius 1 is 1.19 bits per heavy atom. The van der Waals surface area contributed by atoms with Crippen molar-refractivity contribution in [3.8, 4) is 11.5 Å². The summed E-state index contributed by atoms with van der Waals surface area (Å²) in [7, 11) is -1.73. The van der Waals surface area contributed by atoms with Crippen LogP contribution in [0.25, 0.3) is 11.5 Å². The number of nitrogens with zero attached hydrogens (tertiary/aromatic N) is 2. The van der Waals surface area contributed by atoms with Crippen molar-refractivity contribution in [2.24, 2.45) is 0 Å². The van der Waals surface area contributed by atoms with Crippen molar-refractivity contribution in [2.45, 2.75) is 27.3 Å². The first-order valence-electron chi connectivity index (χ1n) is 8.28. The summed E-state index contributed by atoms with van der Waals surface area (Å²) in [5, 5.41) is 30.2. The molecule has 8 heteroatoms. The number of aryl methyl sites for hydroxylation is 1. The molecule has 3 N–H and O–H groups in total. The summed E-state index contributed by atoms with van der Waals surface area (Å²) in [6.45, 7) is 5.94. The lowest BCUT2D eigenvalue weighted by molar-refractivity contribution is 0.425. The average Bonchev–Trinajstić information content (AvgIpc) is 2.99. The van der Waals surface area contributed by atoms with Crippen LogP contribution in [0.1, 0.15) is 25.0 Å². The van der Waals surface area contributed by atoms with Crippen LogP contribution in [0.2, 0.25) is 0 Å². The molecular weight excluding hydrogens is 336 g/mol. The molecule has 0 radical (unpaired) electrons. The van der Waals surface area contributed by atoms with Gasteiger partial charge in [0.05, 0.1) is 6.54 Å². The molecule has 26 heavy (non-hydrogen) atoms. The SMILES string of the molecule is CC.Cc1cccc(-c2nn(Cc3ccc(B(O)O)cc3F)c(=N)o2)c1. The number of rotatable bonds is 4. The number of benzene rings is 2. The second kappa shape index (κ2) is 8.60. The van der Waals surface area contributed by atoms with Gasteiger partial charge in [-0.15, -0.1) is 5.10 Å². The van der Waals surface area contributed by atoms with E-state index in [1.54, 1.807) is 0 Å². The first-order valence-corrected chi connectivity index (χ1v) is 8.28. The van der Waals surface area contributed by atoms with E-state index in [2.05, 4.69) is 5.10 Å². The highest BCUT2D eigenvalue weighted by atomic mass is 19.1. The highest BCUT2D eigenvalue weighted by Gasteiger charge is 2.15. The lowest BCUT2D eigenvalue weighted by Gasteiger charge is -2.05. The molecule has 0 aliphatic carbocycles. The molecule has 0 spiro atoms. The van der Waals surface area contributed by atoms with Crippen molar-refractivity contribution in [3.05, 3.63) is 65.1 Å². The van der Waals surface area contributed by atoms with Crippen LogP contribution in [0.3, 0.4) is 0 Å². The van der Waals surface area contributed by atoms with Crippen LogP contribution < -0.4 is 11.1 Å². The molecule has 1 aromatic heterocycles. The third-order valence-electron chi connectivity index (χ3n) is 3.60. The zero-order valence-corrected chi connectivity index (χ0v) is 14.9. The Bertz CT molecular complexity index is 937. The van der Waals surface area contributed by atoms with Crippen LogP contribution in [-0.2, 0) is 6.54 Å². The van der Waals surface area contributed by atoms with E-state index in [0.717, 1.165) is 17.2 Å². The van der Waals surface area contributed by atoms with Gasteiger partial charge in [0.15, 0.2) is 0 Å². The van der Waals surface area contributed by atoms with E-state index >= 15 is 0 Å². The predicted octanol–water partition coefficient (Wildman–Crippen LogP) is 1.82. The monoisotopic (exact) mass is 357 g/mol. The molecule has 0 unspecified atom stereocenters. The summed E-state index contributed by atoms with van der Waals surface area (Å²) < 4.78 is 20.6. The molecule has 0 saturated carbocycles. The standard InChI is InChI=1S/C16H15BFN3O3.C2H6/c1-10-3-2-4-11(7-10)15-20-21(16(19)24-15)9-12-5-6-13(17(22)23)8-14(12)18;1-2/h2-8,19,22-23H,9H2,1H3;1-2H3. The summed E-state index contributed by atoms with van der Waals surface area (Å²) >= 11 is 0. The van der Waals surface area contributed by atoms with Crippen molar-refractivity contribution in [1.29, 1.82) is 5.41 Å². The van der Waals surface area contributed by atoms with Gasteiger partial charge in [-0.25, -0.2) is 14.5 Å². The van der Waals surface area contributed by atoms with Crippen molar-refractivity contribution in [2.75, 3.05) is 0 Å². The lowest BCUT2D eigenvalue weighted by atomic mass is 9.80. The molecule has 0 atom stereocenters. The third kappa shape index (κ3) is 4.47. The summed E-state index contributed by atoms with van der Waals surface area (Å²) in [6, 6.07) is 11.4. The Morgan fingerprint density at radius 2 is 1.92 bits per heavy atom. The fraction of sp³-hybridized carbons (Fsp3) is 0.222. The summed E-state index contributed by atoms with van der Waals surface area (Å²) in [6.07, 6.45) is 0. The second-order valence-electron chi connectivity index (χ2n) is 5.46. The molecular formula is C18H21BFN3O3. The van der Waals surface area contributed by atoms with Gasteiger partial charge in [-0.05, 0) is 30.6 Å². The number of hydrogen-bond donors (Lipinski definition) is 3. The molecule has 1 heterocycles. The molecule has 0 fully saturated rings.